The van der Waals surface area contributed by atoms with Crippen molar-refractivity contribution in [1.82, 2.24) is 24.1 Å². The van der Waals surface area contributed by atoms with Crippen molar-refractivity contribution in [2.24, 2.45) is 0 Å². The Bertz CT molecular complexity index is 1420. The Morgan fingerprint density at radius 1 is 0.667 bits per heavy atom. The van der Waals surface area contributed by atoms with E-state index in [2.05, 4.69) is 15.0 Å². The molecule has 0 fully saturated rings. The smallest absolute Gasteiger partial charge is 0.198 e. The number of ketones is 2. The molecule has 2 aromatic carbocycles. The summed E-state index contributed by atoms with van der Waals surface area (Å²) in [5, 5.41) is 0. The predicted molar refractivity (Wildman–Crippen MR) is 151 cm³/mol. The summed E-state index contributed by atoms with van der Waals surface area (Å²) >= 11 is 0. The Morgan fingerprint density at radius 3 is 1.49 bits per heavy atom. The molecule has 0 saturated carbocycles. The zero-order valence-corrected chi connectivity index (χ0v) is 22.3. The van der Waals surface area contributed by atoms with Gasteiger partial charge in [0.05, 0.1) is 0 Å². The number of rotatable bonds is 12. The molecule has 0 aliphatic rings. The molecule has 0 aliphatic heterocycles. The van der Waals surface area contributed by atoms with E-state index in [1.165, 1.54) is 0 Å². The topological polar surface area (TPSA) is 85.6 Å². The maximum Gasteiger partial charge on any atom is 0.198 e. The minimum Gasteiger partial charge on any atom is -0.362 e. The number of imidazole rings is 2. The monoisotopic (exact) mass is 519 g/mol. The number of aromatic amines is 1. The molecule has 3 heterocycles. The molecule has 2 atom stereocenters. The highest BCUT2D eigenvalue weighted by molar-refractivity contribution is 5.94. The number of carbonyl (C=O) groups excluding carboxylic acids is 2. The third-order valence-electron chi connectivity index (χ3n) is 7.10. The fourth-order valence-electron chi connectivity index (χ4n) is 4.90. The van der Waals surface area contributed by atoms with Gasteiger partial charge >= 0.3 is 0 Å². The van der Waals surface area contributed by atoms with Crippen molar-refractivity contribution in [2.75, 3.05) is 0 Å². The highest BCUT2D eigenvalue weighted by atomic mass is 16.1. The molecule has 0 unspecified atom stereocenters. The van der Waals surface area contributed by atoms with Crippen molar-refractivity contribution in [3.05, 3.63) is 132 Å². The van der Waals surface area contributed by atoms with Gasteiger partial charge in [-0.25, -0.2) is 9.97 Å². The largest absolute Gasteiger partial charge is 0.362 e. The molecule has 5 aromatic rings. The number of hydrogen-bond donors (Lipinski definition) is 1. The maximum absolute atomic E-state index is 13.1. The third-order valence-corrected chi connectivity index (χ3v) is 7.10. The average Bonchev–Trinajstić information content (AvgIpc) is 3.71. The van der Waals surface area contributed by atoms with E-state index in [-0.39, 0.29) is 23.4 Å². The van der Waals surface area contributed by atoms with Crippen molar-refractivity contribution in [3.63, 3.8) is 0 Å². The SMILES string of the molecule is C[C@H](CC(=O)c1nccn1Cc1ccccc1)c1ccc([C@H](C)CC(=O)c2nccn2Cc2ccccc2)[nH]1. The molecule has 1 N–H and O–H groups in total. The van der Waals surface area contributed by atoms with E-state index in [0.29, 0.717) is 37.6 Å². The van der Waals surface area contributed by atoms with E-state index in [1.807, 2.05) is 108 Å². The molecule has 0 radical (unpaired) electrons. The lowest BCUT2D eigenvalue weighted by Crippen LogP contribution is -2.14. The molecule has 198 valence electrons. The van der Waals surface area contributed by atoms with Crippen LogP contribution >= 0.6 is 0 Å². The van der Waals surface area contributed by atoms with Crippen molar-refractivity contribution in [3.8, 4) is 0 Å². The molecule has 0 saturated heterocycles. The summed E-state index contributed by atoms with van der Waals surface area (Å²) in [6.07, 6.45) is 7.74. The van der Waals surface area contributed by atoms with E-state index in [9.17, 15) is 9.59 Å². The second-order valence-electron chi connectivity index (χ2n) is 10.2. The third kappa shape index (κ3) is 6.32. The Hall–Kier alpha value is -4.52. The Kier molecular flexibility index (Phi) is 7.96. The number of nitrogens with zero attached hydrogens (tertiary/aromatic N) is 4. The lowest BCUT2D eigenvalue weighted by molar-refractivity contribution is 0.0954. The van der Waals surface area contributed by atoms with E-state index in [4.69, 9.17) is 0 Å². The molecule has 3 aromatic heterocycles. The van der Waals surface area contributed by atoms with E-state index >= 15 is 0 Å². The number of nitrogens with one attached hydrogen (secondary N) is 1. The average molecular weight is 520 g/mol. The maximum atomic E-state index is 13.1. The number of Topliss-reactive ketones (excluding diaryl/α,β-unsaturated/α-hetero) is 2. The predicted octanol–water partition coefficient (Wildman–Crippen LogP) is 6.26. The molecule has 39 heavy (non-hydrogen) atoms. The van der Waals surface area contributed by atoms with Crippen LogP contribution in [-0.4, -0.2) is 35.7 Å². The van der Waals surface area contributed by atoms with Crippen LogP contribution in [0.2, 0.25) is 0 Å². The normalized spacial score (nSPS) is 12.8. The Labute approximate surface area is 228 Å². The van der Waals surface area contributed by atoms with Gasteiger partial charge in [0.1, 0.15) is 0 Å². The summed E-state index contributed by atoms with van der Waals surface area (Å²) in [6, 6.07) is 24.1. The van der Waals surface area contributed by atoms with E-state index in [1.54, 1.807) is 12.4 Å². The van der Waals surface area contributed by atoms with Gasteiger partial charge in [-0.2, -0.15) is 0 Å². The second-order valence-corrected chi connectivity index (χ2v) is 10.2. The summed E-state index contributed by atoms with van der Waals surface area (Å²) in [5.41, 5.74) is 4.20. The first-order valence-corrected chi connectivity index (χ1v) is 13.3. The zero-order chi connectivity index (χ0) is 27.2. The summed E-state index contributed by atoms with van der Waals surface area (Å²) < 4.78 is 3.81. The fourth-order valence-corrected chi connectivity index (χ4v) is 4.90. The zero-order valence-electron chi connectivity index (χ0n) is 22.3. The Morgan fingerprint density at radius 2 is 1.08 bits per heavy atom. The molecule has 7 nitrogen and oxygen atoms in total. The van der Waals surface area contributed by atoms with Gasteiger partial charge in [0.2, 0.25) is 0 Å². The molecule has 0 spiro atoms. The minimum absolute atomic E-state index is 0.00746. The highest BCUT2D eigenvalue weighted by Crippen LogP contribution is 2.26. The first kappa shape index (κ1) is 26.1. The minimum atomic E-state index is -0.0132. The first-order chi connectivity index (χ1) is 19.0. The molecular weight excluding hydrogens is 486 g/mol. The molecular formula is C32H33N5O2. The van der Waals surface area contributed by atoms with Gasteiger partial charge in [0.15, 0.2) is 23.2 Å². The summed E-state index contributed by atoms with van der Waals surface area (Å²) in [5.74, 6) is 0.938. The Balaban J connectivity index is 1.19. The van der Waals surface area contributed by atoms with Gasteiger partial charge in [0, 0.05) is 73.9 Å². The van der Waals surface area contributed by atoms with Gasteiger partial charge in [0.25, 0.3) is 0 Å². The van der Waals surface area contributed by atoms with Gasteiger partial charge in [-0.3, -0.25) is 9.59 Å². The number of H-pyrrole nitrogens is 1. The summed E-state index contributed by atoms with van der Waals surface area (Å²) in [6.45, 7) is 5.29. The van der Waals surface area contributed by atoms with Gasteiger partial charge in [-0.1, -0.05) is 74.5 Å². The van der Waals surface area contributed by atoms with Crippen molar-refractivity contribution in [2.45, 2.75) is 51.6 Å². The van der Waals surface area contributed by atoms with Crippen LogP contribution in [0.15, 0.2) is 97.6 Å². The molecule has 0 aliphatic carbocycles. The van der Waals surface area contributed by atoms with Gasteiger partial charge in [-0.05, 0) is 23.3 Å². The van der Waals surface area contributed by atoms with Crippen LogP contribution in [0.5, 0.6) is 0 Å². The summed E-state index contributed by atoms with van der Waals surface area (Å²) in [7, 11) is 0. The number of benzene rings is 2. The number of carbonyl (C=O) groups is 2. The van der Waals surface area contributed by atoms with Gasteiger partial charge < -0.3 is 14.1 Å². The first-order valence-electron chi connectivity index (χ1n) is 13.3. The second kappa shape index (κ2) is 11.9. The summed E-state index contributed by atoms with van der Waals surface area (Å²) in [4.78, 5) is 38.4. The van der Waals surface area contributed by atoms with Crippen LogP contribution in [-0.2, 0) is 13.1 Å². The van der Waals surface area contributed by atoms with Crippen LogP contribution in [0.1, 0.15) is 82.3 Å². The van der Waals surface area contributed by atoms with Crippen molar-refractivity contribution in [1.29, 1.82) is 0 Å². The van der Waals surface area contributed by atoms with E-state index < -0.39 is 0 Å². The lowest BCUT2D eigenvalue weighted by atomic mass is 10.0. The number of aromatic nitrogens is 5. The standard InChI is InChI=1S/C32H33N5O2/c1-23(19-29(38)31-33-15-17-36(31)21-25-9-5-3-6-10-25)27-13-14-28(35-27)24(2)20-30(39)32-34-16-18-37(32)22-26-11-7-4-8-12-26/h3-18,23-24,35H,19-22H2,1-2H3/t23-,24-/m1/s1. The highest BCUT2D eigenvalue weighted by Gasteiger charge is 2.21. The quantitative estimate of drug-likeness (QED) is 0.197. The molecule has 0 bridgehead atoms. The van der Waals surface area contributed by atoms with Crippen molar-refractivity contribution >= 4 is 11.6 Å². The molecule has 0 amide bonds. The lowest BCUT2D eigenvalue weighted by Gasteiger charge is -2.13. The van der Waals surface area contributed by atoms with Gasteiger partial charge in [-0.15, -0.1) is 0 Å². The van der Waals surface area contributed by atoms with Crippen LogP contribution in [0.4, 0.5) is 0 Å². The number of hydrogen-bond acceptors (Lipinski definition) is 4. The van der Waals surface area contributed by atoms with E-state index in [0.717, 1.165) is 22.5 Å². The van der Waals surface area contributed by atoms with Crippen LogP contribution in [0.25, 0.3) is 0 Å². The van der Waals surface area contributed by atoms with Crippen LogP contribution in [0.3, 0.4) is 0 Å². The van der Waals surface area contributed by atoms with Crippen LogP contribution in [0, 0.1) is 0 Å². The fraction of sp³-hybridized carbons (Fsp3) is 0.250. The van der Waals surface area contributed by atoms with Crippen LogP contribution < -0.4 is 0 Å². The molecule has 5 rings (SSSR count). The van der Waals surface area contributed by atoms with Crippen molar-refractivity contribution < 1.29 is 9.59 Å². The molecule has 7 heteroatoms.